The van der Waals surface area contributed by atoms with E-state index in [2.05, 4.69) is 11.7 Å². The van der Waals surface area contributed by atoms with Crippen molar-refractivity contribution in [2.45, 2.75) is 101 Å². The maximum atomic E-state index is 14.5. The zero-order valence-corrected chi connectivity index (χ0v) is 18.4. The molecule has 1 radical (unpaired) electrons. The van der Waals surface area contributed by atoms with Gasteiger partial charge < -0.3 is 4.74 Å². The van der Waals surface area contributed by atoms with Gasteiger partial charge in [0, 0.05) is 8.80 Å². The van der Waals surface area contributed by atoms with Gasteiger partial charge >= 0.3 is 6.61 Å². The van der Waals surface area contributed by atoms with Crippen molar-refractivity contribution in [3.63, 3.8) is 0 Å². The van der Waals surface area contributed by atoms with E-state index in [1.807, 2.05) is 0 Å². The van der Waals surface area contributed by atoms with Crippen molar-refractivity contribution in [1.82, 2.24) is 0 Å². The van der Waals surface area contributed by atoms with Crippen LogP contribution in [0.15, 0.2) is 12.1 Å². The summed E-state index contributed by atoms with van der Waals surface area (Å²) in [6, 6.07) is 6.51. The molecule has 0 aromatic heterocycles. The third kappa shape index (κ3) is 5.36. The quantitative estimate of drug-likeness (QED) is 0.232. The molecule has 29 heavy (non-hydrogen) atoms. The molecule has 6 heteroatoms. The summed E-state index contributed by atoms with van der Waals surface area (Å²) in [6.07, 6.45) is 11.3. The molecule has 1 saturated carbocycles. The fourth-order valence-corrected chi connectivity index (χ4v) is 8.63. The SMILES string of the molecule is CCCCC[Si]1CCC(C2(c3cc(F)c(OC(F)F)c(F)c3)CCCCC2)CC1. The molecule has 1 aliphatic carbocycles. The molecular formula is C23H33F4OSi. The average Bonchev–Trinajstić information content (AvgIpc) is 2.71. The molecule has 2 aliphatic rings. The van der Waals surface area contributed by atoms with Crippen molar-refractivity contribution in [1.29, 1.82) is 0 Å². The number of rotatable bonds is 8. The van der Waals surface area contributed by atoms with Crippen LogP contribution in [0.25, 0.3) is 0 Å². The Bertz CT molecular complexity index is 629. The molecule has 1 heterocycles. The Morgan fingerprint density at radius 2 is 1.66 bits per heavy atom. The van der Waals surface area contributed by atoms with Gasteiger partial charge in [-0.1, -0.05) is 76.4 Å². The van der Waals surface area contributed by atoms with E-state index < -0.39 is 24.0 Å². The van der Waals surface area contributed by atoms with E-state index in [9.17, 15) is 17.6 Å². The summed E-state index contributed by atoms with van der Waals surface area (Å²) in [5.41, 5.74) is 0.431. The van der Waals surface area contributed by atoms with Gasteiger partial charge in [-0.3, -0.25) is 0 Å². The maximum Gasteiger partial charge on any atom is 0.387 e. The highest BCUT2D eigenvalue weighted by Crippen LogP contribution is 2.51. The molecule has 163 valence electrons. The predicted octanol–water partition coefficient (Wildman–Crippen LogP) is 7.86. The van der Waals surface area contributed by atoms with Crippen LogP contribution in [0.4, 0.5) is 17.6 Å². The Morgan fingerprint density at radius 3 is 2.21 bits per heavy atom. The highest BCUT2D eigenvalue weighted by molar-refractivity contribution is 6.58. The number of halogens is 4. The van der Waals surface area contributed by atoms with Gasteiger partial charge in [-0.15, -0.1) is 0 Å². The number of hydrogen-bond donors (Lipinski definition) is 0. The van der Waals surface area contributed by atoms with Gasteiger partial charge in [-0.25, -0.2) is 8.78 Å². The van der Waals surface area contributed by atoms with E-state index >= 15 is 0 Å². The zero-order chi connectivity index (χ0) is 20.9. The molecule has 0 atom stereocenters. The summed E-state index contributed by atoms with van der Waals surface area (Å²) in [6.45, 7) is -1.00. The molecule has 1 saturated heterocycles. The fraction of sp³-hybridized carbons (Fsp3) is 0.739. The van der Waals surface area contributed by atoms with Crippen LogP contribution in [0.2, 0.25) is 18.1 Å². The van der Waals surface area contributed by atoms with Gasteiger partial charge in [0.15, 0.2) is 17.4 Å². The lowest BCUT2D eigenvalue weighted by atomic mass is 9.60. The smallest absolute Gasteiger partial charge is 0.387 e. The Kier molecular flexibility index (Phi) is 8.05. The van der Waals surface area contributed by atoms with Gasteiger partial charge in [0.05, 0.1) is 0 Å². The van der Waals surface area contributed by atoms with Crippen LogP contribution in [0, 0.1) is 17.6 Å². The lowest BCUT2D eigenvalue weighted by Gasteiger charge is -2.47. The molecule has 1 aromatic carbocycles. The first kappa shape index (κ1) is 22.6. The van der Waals surface area contributed by atoms with Gasteiger partial charge in [0.2, 0.25) is 0 Å². The van der Waals surface area contributed by atoms with Crippen molar-refractivity contribution in [3.05, 3.63) is 29.3 Å². The number of hydrogen-bond acceptors (Lipinski definition) is 1. The van der Waals surface area contributed by atoms with E-state index in [0.717, 1.165) is 44.9 Å². The first-order valence-electron chi connectivity index (χ1n) is 11.2. The standard InChI is InChI=1S/C23H33F4OSi/c1-2-3-7-12-29-13-8-17(9-14-29)23(10-5-4-6-11-23)18-15-19(24)21(20(25)16-18)28-22(26)27/h15-17,22H,2-14H2,1H3. The molecule has 0 spiro atoms. The summed E-state index contributed by atoms with van der Waals surface area (Å²) < 4.78 is 58.1. The van der Waals surface area contributed by atoms with Crippen LogP contribution in [0.1, 0.15) is 76.7 Å². The number of benzene rings is 1. The van der Waals surface area contributed by atoms with Gasteiger partial charge in [-0.05, 0) is 41.9 Å². The molecule has 0 N–H and O–H groups in total. The summed E-state index contributed by atoms with van der Waals surface area (Å²) in [7, 11) is -0.286. The Balaban J connectivity index is 1.79. The summed E-state index contributed by atoms with van der Waals surface area (Å²) in [4.78, 5) is 0. The first-order chi connectivity index (χ1) is 14.0. The minimum atomic E-state index is -3.24. The topological polar surface area (TPSA) is 9.23 Å². The largest absolute Gasteiger partial charge is 0.429 e. The molecule has 1 aliphatic heterocycles. The third-order valence-corrected chi connectivity index (χ3v) is 10.2. The van der Waals surface area contributed by atoms with Crippen LogP contribution in [-0.2, 0) is 5.41 Å². The maximum absolute atomic E-state index is 14.5. The number of ether oxygens (including phenoxy) is 1. The molecule has 0 amide bonds. The number of unbranched alkanes of at least 4 members (excludes halogenated alkanes) is 2. The Hall–Kier alpha value is -1.04. The van der Waals surface area contributed by atoms with Crippen molar-refractivity contribution >= 4 is 8.80 Å². The zero-order valence-electron chi connectivity index (χ0n) is 17.4. The van der Waals surface area contributed by atoms with Crippen molar-refractivity contribution in [3.8, 4) is 5.75 Å². The van der Waals surface area contributed by atoms with Crippen LogP contribution < -0.4 is 4.74 Å². The second-order valence-electron chi connectivity index (χ2n) is 8.85. The molecule has 2 fully saturated rings. The third-order valence-electron chi connectivity index (χ3n) is 7.13. The Labute approximate surface area is 173 Å². The van der Waals surface area contributed by atoms with Crippen molar-refractivity contribution in [2.24, 2.45) is 5.92 Å². The lowest BCUT2D eigenvalue weighted by Crippen LogP contribution is -2.40. The van der Waals surface area contributed by atoms with Crippen molar-refractivity contribution < 1.29 is 22.3 Å². The van der Waals surface area contributed by atoms with Crippen molar-refractivity contribution in [2.75, 3.05) is 0 Å². The minimum Gasteiger partial charge on any atom is -0.429 e. The second-order valence-corrected chi connectivity index (χ2v) is 11.8. The monoisotopic (exact) mass is 429 g/mol. The van der Waals surface area contributed by atoms with Crippen LogP contribution in [0.5, 0.6) is 5.75 Å². The molecule has 0 bridgehead atoms. The summed E-state index contributed by atoms with van der Waals surface area (Å²) in [5.74, 6) is -2.54. The average molecular weight is 430 g/mol. The van der Waals surface area contributed by atoms with Crippen LogP contribution in [-0.4, -0.2) is 15.4 Å². The van der Waals surface area contributed by atoms with Crippen LogP contribution >= 0.6 is 0 Å². The minimum absolute atomic E-state index is 0.222. The van der Waals surface area contributed by atoms with Gasteiger partial charge in [-0.2, -0.15) is 8.78 Å². The van der Waals surface area contributed by atoms with Gasteiger partial charge in [0.25, 0.3) is 0 Å². The van der Waals surface area contributed by atoms with E-state index in [4.69, 9.17) is 0 Å². The molecule has 3 rings (SSSR count). The van der Waals surface area contributed by atoms with E-state index in [0.29, 0.717) is 11.5 Å². The molecular weight excluding hydrogens is 396 g/mol. The van der Waals surface area contributed by atoms with E-state index in [1.165, 1.54) is 49.5 Å². The second kappa shape index (κ2) is 10.3. The van der Waals surface area contributed by atoms with E-state index in [1.54, 1.807) is 0 Å². The van der Waals surface area contributed by atoms with E-state index in [-0.39, 0.29) is 14.2 Å². The Morgan fingerprint density at radius 1 is 1.03 bits per heavy atom. The lowest BCUT2D eigenvalue weighted by molar-refractivity contribution is -0.0547. The molecule has 1 nitrogen and oxygen atoms in total. The van der Waals surface area contributed by atoms with Crippen LogP contribution in [0.3, 0.4) is 0 Å². The summed E-state index contributed by atoms with van der Waals surface area (Å²) >= 11 is 0. The highest BCUT2D eigenvalue weighted by atomic mass is 28.3. The predicted molar refractivity (Wildman–Crippen MR) is 110 cm³/mol. The molecule has 1 aromatic rings. The number of alkyl halides is 2. The normalized spacial score (nSPS) is 20.9. The molecule has 0 unspecified atom stereocenters. The van der Waals surface area contributed by atoms with Gasteiger partial charge in [0.1, 0.15) is 0 Å². The first-order valence-corrected chi connectivity index (χ1v) is 13.4. The highest BCUT2D eigenvalue weighted by Gasteiger charge is 2.43. The summed E-state index contributed by atoms with van der Waals surface area (Å²) in [5, 5.41) is 0. The fourth-order valence-electron chi connectivity index (χ4n) is 5.62.